The van der Waals surface area contributed by atoms with Crippen molar-refractivity contribution in [2.24, 2.45) is 11.8 Å². The summed E-state index contributed by atoms with van der Waals surface area (Å²) in [6.45, 7) is 4.48. The van der Waals surface area contributed by atoms with Crippen LogP contribution in [0.5, 0.6) is 0 Å². The Morgan fingerprint density at radius 3 is 1.22 bits per heavy atom. The van der Waals surface area contributed by atoms with E-state index < -0.39 is 0 Å². The van der Waals surface area contributed by atoms with E-state index in [0.717, 1.165) is 24.7 Å². The van der Waals surface area contributed by atoms with Crippen molar-refractivity contribution in [2.75, 3.05) is 0 Å². The van der Waals surface area contributed by atoms with E-state index in [1.807, 2.05) is 0 Å². The molecule has 0 nitrogen and oxygen atoms in total. The number of halogens is 2. The summed E-state index contributed by atoms with van der Waals surface area (Å²) in [5.74, 6) is 1.72. The fourth-order valence-electron chi connectivity index (χ4n) is 4.84. The van der Waals surface area contributed by atoms with Crippen LogP contribution in [0.2, 0.25) is 0 Å². The van der Waals surface area contributed by atoms with Crippen molar-refractivity contribution >= 4 is 0 Å². The third-order valence-electron chi connectivity index (χ3n) is 6.28. The van der Waals surface area contributed by atoms with E-state index in [2.05, 4.69) is 38.2 Å². The number of rotatable bonds is 2. The molecular formula is C24H34Cl2Zr. The summed E-state index contributed by atoms with van der Waals surface area (Å²) in [5.41, 5.74) is 6.10. The van der Waals surface area contributed by atoms with Gasteiger partial charge in [0, 0.05) is 0 Å². The standard InChI is InChI=1S/2C12H17.2ClH.Zr/c2*1-10-6-5-9-12(10)11-7-3-2-4-8-11;;;/h2*6,11H,2-5,7-8H2,1H3;2*1H;/q2*-1;;;+4/p-2. The molecule has 148 valence electrons. The average Bonchev–Trinajstić information content (AvgIpc) is 3.25. The molecule has 0 spiro atoms. The molecule has 0 heterocycles. The van der Waals surface area contributed by atoms with Crippen LogP contribution in [0.15, 0.2) is 34.4 Å². The zero-order valence-electron chi connectivity index (χ0n) is 17.1. The van der Waals surface area contributed by atoms with Crippen molar-refractivity contribution in [1.82, 2.24) is 0 Å². The number of hydrogen-bond donors (Lipinski definition) is 0. The van der Waals surface area contributed by atoms with Gasteiger partial charge >= 0.3 is 26.2 Å². The second-order valence-corrected chi connectivity index (χ2v) is 8.03. The van der Waals surface area contributed by atoms with Crippen molar-refractivity contribution in [1.29, 1.82) is 0 Å². The molecule has 0 N–H and O–H groups in total. The Morgan fingerprint density at radius 1 is 0.630 bits per heavy atom. The monoisotopic (exact) mass is 482 g/mol. The first kappa shape index (κ1) is 27.4. The molecule has 27 heavy (non-hydrogen) atoms. The molecule has 0 atom stereocenters. The topological polar surface area (TPSA) is 0 Å². The van der Waals surface area contributed by atoms with Crippen LogP contribution in [-0.4, -0.2) is 0 Å². The van der Waals surface area contributed by atoms with Gasteiger partial charge in [0.25, 0.3) is 0 Å². The van der Waals surface area contributed by atoms with Crippen molar-refractivity contribution in [3.05, 3.63) is 46.6 Å². The maximum Gasteiger partial charge on any atom is 4.00 e. The predicted molar refractivity (Wildman–Crippen MR) is 103 cm³/mol. The van der Waals surface area contributed by atoms with Crippen LogP contribution in [0.3, 0.4) is 0 Å². The summed E-state index contributed by atoms with van der Waals surface area (Å²) in [5, 5.41) is 0. The van der Waals surface area contributed by atoms with Crippen LogP contribution in [0.1, 0.15) is 90.9 Å². The van der Waals surface area contributed by atoms with Crippen LogP contribution in [0.4, 0.5) is 0 Å². The summed E-state index contributed by atoms with van der Waals surface area (Å²) >= 11 is 0. The minimum Gasteiger partial charge on any atom is -1.00 e. The van der Waals surface area contributed by atoms with E-state index in [9.17, 15) is 0 Å². The largest absolute Gasteiger partial charge is 4.00 e. The molecule has 4 rings (SSSR count). The molecule has 0 unspecified atom stereocenters. The second-order valence-electron chi connectivity index (χ2n) is 8.03. The van der Waals surface area contributed by atoms with Crippen molar-refractivity contribution in [3.63, 3.8) is 0 Å². The van der Waals surface area contributed by atoms with Gasteiger partial charge in [0.1, 0.15) is 0 Å². The third-order valence-corrected chi connectivity index (χ3v) is 6.28. The molecule has 0 aromatic carbocycles. The molecule has 4 aliphatic rings. The van der Waals surface area contributed by atoms with Gasteiger partial charge in [0.15, 0.2) is 0 Å². The van der Waals surface area contributed by atoms with Gasteiger partial charge in [-0.1, -0.05) is 38.5 Å². The maximum atomic E-state index is 3.50. The molecule has 2 fully saturated rings. The van der Waals surface area contributed by atoms with Gasteiger partial charge < -0.3 is 24.8 Å². The SMILES string of the molecule is CC1=CC[C-]=C1C1CCCCC1.CC1=CC[C-]=C1C1CCCCC1.[Cl-].[Cl-].[Zr+4]. The Labute approximate surface area is 199 Å². The number of allylic oxidation sites excluding steroid dienone is 8. The Hall–Kier alpha value is 0.423. The third kappa shape index (κ3) is 7.99. The summed E-state index contributed by atoms with van der Waals surface area (Å²) in [6, 6.07) is 0. The quantitative estimate of drug-likeness (QED) is 0.519. The zero-order valence-corrected chi connectivity index (χ0v) is 21.0. The van der Waals surface area contributed by atoms with E-state index in [1.54, 1.807) is 11.1 Å². The normalized spacial score (nSPS) is 22.6. The van der Waals surface area contributed by atoms with Gasteiger partial charge in [-0.15, -0.1) is 26.7 Å². The molecule has 3 heteroatoms. The Balaban J connectivity index is 0.000000451. The minimum atomic E-state index is 0. The zero-order chi connectivity index (χ0) is 16.8. The van der Waals surface area contributed by atoms with Crippen molar-refractivity contribution < 1.29 is 51.0 Å². The van der Waals surface area contributed by atoms with Crippen molar-refractivity contribution in [2.45, 2.75) is 90.9 Å². The van der Waals surface area contributed by atoms with E-state index in [4.69, 9.17) is 0 Å². The fourth-order valence-corrected chi connectivity index (χ4v) is 4.84. The van der Waals surface area contributed by atoms with Gasteiger partial charge in [-0.3, -0.25) is 12.2 Å². The molecule has 0 aromatic rings. The Bertz CT molecular complexity index is 495. The number of hydrogen-bond acceptors (Lipinski definition) is 0. The molecular weight excluding hydrogens is 450 g/mol. The van der Waals surface area contributed by atoms with E-state index in [1.165, 1.54) is 75.4 Å². The van der Waals surface area contributed by atoms with E-state index in [-0.39, 0.29) is 51.0 Å². The van der Waals surface area contributed by atoms with Crippen LogP contribution in [0, 0.1) is 24.0 Å². The second kappa shape index (κ2) is 14.4. The summed E-state index contributed by atoms with van der Waals surface area (Å²) < 4.78 is 0. The summed E-state index contributed by atoms with van der Waals surface area (Å²) in [7, 11) is 0. The predicted octanol–water partition coefficient (Wildman–Crippen LogP) is 1.30. The smallest absolute Gasteiger partial charge is 1.00 e. The van der Waals surface area contributed by atoms with Gasteiger partial charge in [0.2, 0.25) is 0 Å². The van der Waals surface area contributed by atoms with Gasteiger partial charge in [-0.2, -0.15) is 12.2 Å². The van der Waals surface area contributed by atoms with Crippen LogP contribution >= 0.6 is 0 Å². The summed E-state index contributed by atoms with van der Waals surface area (Å²) in [4.78, 5) is 0. The van der Waals surface area contributed by atoms with Crippen LogP contribution in [0.25, 0.3) is 0 Å². The molecule has 0 aromatic heterocycles. The van der Waals surface area contributed by atoms with Crippen LogP contribution < -0.4 is 24.8 Å². The Kier molecular flexibility index (Phi) is 14.6. The molecule has 2 saturated carbocycles. The molecule has 4 aliphatic carbocycles. The van der Waals surface area contributed by atoms with Gasteiger partial charge in [0.05, 0.1) is 0 Å². The first-order chi connectivity index (χ1) is 11.8. The average molecular weight is 485 g/mol. The first-order valence-corrected chi connectivity index (χ1v) is 10.3. The van der Waals surface area contributed by atoms with Gasteiger partial charge in [-0.25, -0.2) is 22.3 Å². The molecule has 0 amide bonds. The molecule has 0 bridgehead atoms. The summed E-state index contributed by atoms with van der Waals surface area (Å²) in [6.07, 6.45) is 28.0. The molecule has 0 saturated heterocycles. The molecule has 0 aliphatic heterocycles. The minimum absolute atomic E-state index is 0. The fraction of sp³-hybridized carbons (Fsp3) is 0.667. The van der Waals surface area contributed by atoms with Crippen molar-refractivity contribution in [3.8, 4) is 0 Å². The van der Waals surface area contributed by atoms with Crippen LogP contribution in [-0.2, 0) is 26.2 Å². The Morgan fingerprint density at radius 2 is 0.963 bits per heavy atom. The molecule has 0 radical (unpaired) electrons. The van der Waals surface area contributed by atoms with E-state index >= 15 is 0 Å². The first-order valence-electron chi connectivity index (χ1n) is 10.3. The maximum absolute atomic E-state index is 3.50. The van der Waals surface area contributed by atoms with Gasteiger partial charge in [-0.05, 0) is 37.5 Å². The van der Waals surface area contributed by atoms with E-state index in [0.29, 0.717) is 0 Å².